The molecule has 0 aliphatic heterocycles. The van der Waals surface area contributed by atoms with Gasteiger partial charge in [0, 0.05) is 29.9 Å². The van der Waals surface area contributed by atoms with Gasteiger partial charge in [-0.3, -0.25) is 14.6 Å². The Labute approximate surface area is 161 Å². The molecule has 6 nitrogen and oxygen atoms in total. The lowest BCUT2D eigenvalue weighted by molar-refractivity contribution is -0.118. The van der Waals surface area contributed by atoms with E-state index < -0.39 is 0 Å². The van der Waals surface area contributed by atoms with Crippen LogP contribution >= 0.6 is 11.6 Å². The van der Waals surface area contributed by atoms with E-state index in [9.17, 15) is 9.59 Å². The second kappa shape index (κ2) is 9.00. The second-order valence-electron chi connectivity index (χ2n) is 5.76. The average molecular weight is 384 g/mol. The molecule has 3 rings (SSSR count). The first-order valence-electron chi connectivity index (χ1n) is 8.41. The minimum absolute atomic E-state index is 0.136. The lowest BCUT2D eigenvalue weighted by Crippen LogP contribution is -2.34. The number of carbonyl (C=O) groups excluding carboxylic acids is 2. The van der Waals surface area contributed by atoms with Crippen LogP contribution in [0, 0.1) is 0 Å². The molecule has 0 atom stereocenters. The molecular weight excluding hydrogens is 366 g/mol. The largest absolute Gasteiger partial charge is 0.459 e. The van der Waals surface area contributed by atoms with Crippen molar-refractivity contribution in [3.05, 3.63) is 83.5 Å². The fraction of sp³-hybridized carbons (Fsp3) is 0.150. The molecule has 1 N–H and O–H groups in total. The maximum atomic E-state index is 12.8. The van der Waals surface area contributed by atoms with Crippen molar-refractivity contribution in [3.63, 3.8) is 0 Å². The number of hydrogen-bond donors (Lipinski definition) is 1. The summed E-state index contributed by atoms with van der Waals surface area (Å²) >= 11 is 5.95. The Morgan fingerprint density at radius 2 is 1.89 bits per heavy atom. The monoisotopic (exact) mass is 383 g/mol. The summed E-state index contributed by atoms with van der Waals surface area (Å²) in [7, 11) is 0. The molecule has 0 bridgehead atoms. The van der Waals surface area contributed by atoms with Gasteiger partial charge in [0.05, 0.1) is 18.5 Å². The third-order valence-corrected chi connectivity index (χ3v) is 4.11. The van der Waals surface area contributed by atoms with Crippen LogP contribution in [0.3, 0.4) is 0 Å². The van der Waals surface area contributed by atoms with Gasteiger partial charge in [0.2, 0.25) is 5.91 Å². The fourth-order valence-electron chi connectivity index (χ4n) is 2.51. The lowest BCUT2D eigenvalue weighted by Gasteiger charge is -2.23. The Balaban J connectivity index is 1.66. The van der Waals surface area contributed by atoms with Crippen molar-refractivity contribution in [2.45, 2.75) is 13.0 Å². The number of halogens is 1. The van der Waals surface area contributed by atoms with Crippen molar-refractivity contribution in [1.82, 2.24) is 10.3 Å². The summed E-state index contributed by atoms with van der Waals surface area (Å²) in [5.41, 5.74) is 1.48. The highest BCUT2D eigenvalue weighted by molar-refractivity contribution is 6.30. The fourth-order valence-corrected chi connectivity index (χ4v) is 2.64. The molecule has 2 amide bonds. The summed E-state index contributed by atoms with van der Waals surface area (Å²) in [5.74, 6) is -0.274. The van der Waals surface area contributed by atoms with Gasteiger partial charge in [-0.05, 0) is 48.5 Å². The van der Waals surface area contributed by atoms with E-state index in [4.69, 9.17) is 16.0 Å². The Kier molecular flexibility index (Phi) is 6.22. The van der Waals surface area contributed by atoms with Gasteiger partial charge >= 0.3 is 0 Å². The zero-order valence-electron chi connectivity index (χ0n) is 14.5. The third-order valence-electron chi connectivity index (χ3n) is 3.86. The molecule has 0 radical (unpaired) electrons. The predicted octanol–water partition coefficient (Wildman–Crippen LogP) is 3.68. The van der Waals surface area contributed by atoms with E-state index in [1.807, 2.05) is 18.2 Å². The molecular formula is C20H18ClN3O3. The maximum absolute atomic E-state index is 12.8. The number of pyridine rings is 1. The van der Waals surface area contributed by atoms with Gasteiger partial charge in [0.25, 0.3) is 5.91 Å². The average Bonchev–Trinajstić information content (AvgIpc) is 3.22. The van der Waals surface area contributed by atoms with Gasteiger partial charge < -0.3 is 14.6 Å². The van der Waals surface area contributed by atoms with Crippen molar-refractivity contribution in [2.24, 2.45) is 0 Å². The van der Waals surface area contributed by atoms with Crippen LogP contribution in [0.5, 0.6) is 0 Å². The molecule has 0 unspecified atom stereocenters. The lowest BCUT2D eigenvalue weighted by atomic mass is 10.2. The SMILES string of the molecule is O=C(NCCC(=O)N(Cc1ccccn1)c1ccc(Cl)cc1)c1ccco1. The van der Waals surface area contributed by atoms with Crippen molar-refractivity contribution in [1.29, 1.82) is 0 Å². The van der Waals surface area contributed by atoms with Crippen LogP contribution in [0.15, 0.2) is 71.5 Å². The van der Waals surface area contributed by atoms with Gasteiger partial charge in [0.15, 0.2) is 5.76 Å². The standard InChI is InChI=1S/C20H18ClN3O3/c21-15-6-8-17(9-7-15)24(14-16-4-1-2-11-22-16)19(25)10-12-23-20(26)18-5-3-13-27-18/h1-9,11,13H,10,12,14H2,(H,23,26). The Morgan fingerprint density at radius 1 is 1.07 bits per heavy atom. The number of benzene rings is 1. The molecule has 7 heteroatoms. The minimum atomic E-state index is -0.351. The van der Waals surface area contributed by atoms with Gasteiger partial charge in [-0.25, -0.2) is 0 Å². The Hall–Kier alpha value is -3.12. The van der Waals surface area contributed by atoms with Crippen molar-refractivity contribution >= 4 is 29.1 Å². The van der Waals surface area contributed by atoms with Gasteiger partial charge in [-0.15, -0.1) is 0 Å². The molecule has 0 fully saturated rings. The predicted molar refractivity (Wildman–Crippen MR) is 103 cm³/mol. The molecule has 0 saturated heterocycles. The summed E-state index contributed by atoms with van der Waals surface area (Å²) in [6.07, 6.45) is 3.25. The first-order chi connectivity index (χ1) is 13.1. The number of aromatic nitrogens is 1. The molecule has 0 aliphatic rings. The molecule has 2 aromatic heterocycles. The molecule has 1 aromatic carbocycles. The van der Waals surface area contributed by atoms with E-state index in [0.29, 0.717) is 17.3 Å². The number of anilines is 1. The van der Waals surface area contributed by atoms with Crippen molar-refractivity contribution in [3.8, 4) is 0 Å². The molecule has 3 aromatic rings. The summed E-state index contributed by atoms with van der Waals surface area (Å²) in [6, 6.07) is 15.8. The zero-order chi connectivity index (χ0) is 19.1. The van der Waals surface area contributed by atoms with E-state index in [0.717, 1.165) is 5.69 Å². The molecule has 0 saturated carbocycles. The van der Waals surface area contributed by atoms with Crippen molar-refractivity contribution < 1.29 is 14.0 Å². The molecule has 2 heterocycles. The molecule has 27 heavy (non-hydrogen) atoms. The van der Waals surface area contributed by atoms with Gasteiger partial charge in [0.1, 0.15) is 0 Å². The summed E-state index contributed by atoms with van der Waals surface area (Å²) in [6.45, 7) is 0.526. The number of nitrogens with zero attached hydrogens (tertiary/aromatic N) is 2. The molecule has 0 aliphatic carbocycles. The maximum Gasteiger partial charge on any atom is 0.286 e. The normalized spacial score (nSPS) is 10.4. The zero-order valence-corrected chi connectivity index (χ0v) is 15.2. The van der Waals surface area contributed by atoms with Crippen LogP contribution in [0.4, 0.5) is 5.69 Å². The van der Waals surface area contributed by atoms with E-state index in [-0.39, 0.29) is 30.5 Å². The van der Waals surface area contributed by atoms with E-state index in [1.54, 1.807) is 47.5 Å². The van der Waals surface area contributed by atoms with Crippen LogP contribution in [-0.2, 0) is 11.3 Å². The highest BCUT2D eigenvalue weighted by Crippen LogP contribution is 2.20. The van der Waals surface area contributed by atoms with Crippen LogP contribution < -0.4 is 10.2 Å². The first-order valence-corrected chi connectivity index (χ1v) is 8.79. The number of amides is 2. The number of furan rings is 1. The number of hydrogen-bond acceptors (Lipinski definition) is 4. The summed E-state index contributed by atoms with van der Waals surface area (Å²) in [4.78, 5) is 30.6. The number of rotatable bonds is 7. The van der Waals surface area contributed by atoms with E-state index >= 15 is 0 Å². The number of carbonyl (C=O) groups is 2. The van der Waals surface area contributed by atoms with Crippen LogP contribution in [0.25, 0.3) is 0 Å². The Bertz CT molecular complexity index is 881. The smallest absolute Gasteiger partial charge is 0.286 e. The number of nitrogens with one attached hydrogen (secondary N) is 1. The Morgan fingerprint density at radius 3 is 2.56 bits per heavy atom. The third kappa shape index (κ3) is 5.18. The highest BCUT2D eigenvalue weighted by atomic mass is 35.5. The van der Waals surface area contributed by atoms with Crippen LogP contribution in [0.1, 0.15) is 22.7 Å². The minimum Gasteiger partial charge on any atom is -0.459 e. The van der Waals surface area contributed by atoms with E-state index in [1.165, 1.54) is 6.26 Å². The molecule has 0 spiro atoms. The van der Waals surface area contributed by atoms with Crippen molar-refractivity contribution in [2.75, 3.05) is 11.4 Å². The van der Waals surface area contributed by atoms with E-state index in [2.05, 4.69) is 10.3 Å². The topological polar surface area (TPSA) is 75.4 Å². The summed E-state index contributed by atoms with van der Waals surface area (Å²) < 4.78 is 5.03. The quantitative estimate of drug-likeness (QED) is 0.675. The highest BCUT2D eigenvalue weighted by Gasteiger charge is 2.17. The van der Waals surface area contributed by atoms with Gasteiger partial charge in [-0.1, -0.05) is 17.7 Å². The second-order valence-corrected chi connectivity index (χ2v) is 6.20. The first kappa shape index (κ1) is 18.7. The van der Waals surface area contributed by atoms with Crippen LogP contribution in [0.2, 0.25) is 5.02 Å². The van der Waals surface area contributed by atoms with Crippen LogP contribution in [-0.4, -0.2) is 23.3 Å². The molecule has 138 valence electrons. The summed E-state index contributed by atoms with van der Waals surface area (Å²) in [5, 5.41) is 3.27. The van der Waals surface area contributed by atoms with Gasteiger partial charge in [-0.2, -0.15) is 0 Å².